The van der Waals surface area contributed by atoms with E-state index >= 15 is 0 Å². The maximum atomic E-state index is 12.4. The average Bonchev–Trinajstić information content (AvgIpc) is 2.65. The summed E-state index contributed by atoms with van der Waals surface area (Å²) >= 11 is 12.3. The molecular weight excluding hydrogens is 375 g/mol. The number of hydrogen-bond acceptors (Lipinski definition) is 6. The molecule has 132 valence electrons. The van der Waals surface area contributed by atoms with Crippen molar-refractivity contribution in [2.45, 2.75) is 19.5 Å². The predicted molar refractivity (Wildman–Crippen MR) is 98.0 cm³/mol. The molecule has 0 saturated carbocycles. The highest BCUT2D eigenvalue weighted by Gasteiger charge is 2.23. The van der Waals surface area contributed by atoms with Crippen molar-refractivity contribution in [1.82, 2.24) is 29.8 Å². The summed E-state index contributed by atoms with van der Waals surface area (Å²) in [4.78, 5) is 34.0. The maximum Gasteiger partial charge on any atom is 0.254 e. The lowest BCUT2D eigenvalue weighted by Gasteiger charge is -2.28. The van der Waals surface area contributed by atoms with Crippen molar-refractivity contribution >= 4 is 23.2 Å². The van der Waals surface area contributed by atoms with Gasteiger partial charge in [0.1, 0.15) is 22.5 Å². The van der Waals surface area contributed by atoms with E-state index in [2.05, 4.69) is 29.8 Å². The Morgan fingerprint density at radius 3 is 2.62 bits per heavy atom. The van der Waals surface area contributed by atoms with E-state index in [1.165, 1.54) is 6.33 Å². The van der Waals surface area contributed by atoms with Crippen molar-refractivity contribution in [3.05, 3.63) is 68.3 Å². The van der Waals surface area contributed by atoms with Gasteiger partial charge in [0.05, 0.1) is 5.69 Å². The molecule has 0 aliphatic carbocycles. The van der Waals surface area contributed by atoms with Gasteiger partial charge in [-0.2, -0.15) is 0 Å². The van der Waals surface area contributed by atoms with Crippen molar-refractivity contribution in [2.24, 2.45) is 0 Å². The monoisotopic (exact) mass is 388 g/mol. The number of nitrogens with one attached hydrogen (secondary N) is 1. The lowest BCUT2D eigenvalue weighted by atomic mass is 10.1. The molecule has 0 bridgehead atoms. The summed E-state index contributed by atoms with van der Waals surface area (Å²) in [7, 11) is 0. The minimum absolute atomic E-state index is 0.0967. The van der Waals surface area contributed by atoms with Gasteiger partial charge < -0.3 is 4.98 Å². The van der Waals surface area contributed by atoms with Crippen molar-refractivity contribution < 1.29 is 0 Å². The van der Waals surface area contributed by atoms with E-state index in [-0.39, 0.29) is 5.56 Å². The number of rotatable bonds is 3. The molecule has 1 aliphatic rings. The van der Waals surface area contributed by atoms with Crippen LogP contribution in [0.2, 0.25) is 10.3 Å². The van der Waals surface area contributed by atoms with Crippen LogP contribution < -0.4 is 5.56 Å². The number of hydrogen-bond donors (Lipinski definition) is 1. The lowest BCUT2D eigenvalue weighted by molar-refractivity contribution is 0.240. The van der Waals surface area contributed by atoms with Crippen LogP contribution in [0.4, 0.5) is 0 Å². The third-order valence-corrected chi connectivity index (χ3v) is 4.98. The summed E-state index contributed by atoms with van der Waals surface area (Å²) in [6.45, 7) is 1.73. The van der Waals surface area contributed by atoms with E-state index in [1.54, 1.807) is 12.4 Å². The number of fused-ring (bicyclic) bond motifs is 1. The molecule has 4 heterocycles. The number of nitrogens with zero attached hydrogens (tertiary/aromatic N) is 5. The van der Waals surface area contributed by atoms with Crippen LogP contribution in [0.5, 0.6) is 0 Å². The standard InChI is InChI=1S/C17H14Cl2N6O/c18-14-12(15(19)22-9-21-14)7-25-6-3-11-13(8-25)23-16(24-17(11)26)10-1-4-20-5-2-10/h1-2,4-5,9H,3,6-8H2,(H,23,24,26). The first-order valence-electron chi connectivity index (χ1n) is 8.01. The minimum atomic E-state index is -0.0967. The zero-order chi connectivity index (χ0) is 18.1. The third-order valence-electron chi connectivity index (χ3n) is 4.33. The normalized spacial score (nSPS) is 14.2. The van der Waals surface area contributed by atoms with Crippen LogP contribution in [0.25, 0.3) is 11.4 Å². The Morgan fingerprint density at radius 1 is 1.15 bits per heavy atom. The number of aromatic nitrogens is 5. The fraction of sp³-hybridized carbons (Fsp3) is 0.235. The Bertz CT molecular complexity index is 988. The topological polar surface area (TPSA) is 87.7 Å². The molecule has 0 amide bonds. The average molecular weight is 389 g/mol. The van der Waals surface area contributed by atoms with Gasteiger partial charge in [0, 0.05) is 48.7 Å². The molecule has 7 nitrogen and oxygen atoms in total. The van der Waals surface area contributed by atoms with Gasteiger partial charge in [-0.1, -0.05) is 23.2 Å². The van der Waals surface area contributed by atoms with Crippen LogP contribution in [-0.2, 0) is 19.5 Å². The molecule has 3 aromatic rings. The van der Waals surface area contributed by atoms with Crippen LogP contribution >= 0.6 is 23.2 Å². The van der Waals surface area contributed by atoms with Gasteiger partial charge in [0.15, 0.2) is 0 Å². The van der Waals surface area contributed by atoms with Crippen LogP contribution in [0.1, 0.15) is 16.8 Å². The highest BCUT2D eigenvalue weighted by molar-refractivity contribution is 6.34. The van der Waals surface area contributed by atoms with E-state index in [4.69, 9.17) is 23.2 Å². The van der Waals surface area contributed by atoms with E-state index in [9.17, 15) is 4.79 Å². The summed E-state index contributed by atoms with van der Waals surface area (Å²) in [5.41, 5.74) is 2.88. The molecule has 0 unspecified atom stereocenters. The van der Waals surface area contributed by atoms with Gasteiger partial charge in [0.25, 0.3) is 5.56 Å². The molecule has 0 atom stereocenters. The smallest absolute Gasteiger partial charge is 0.254 e. The van der Waals surface area contributed by atoms with Crippen molar-refractivity contribution in [3.8, 4) is 11.4 Å². The molecule has 4 rings (SSSR count). The maximum absolute atomic E-state index is 12.4. The minimum Gasteiger partial charge on any atom is -0.306 e. The molecule has 26 heavy (non-hydrogen) atoms. The first-order chi connectivity index (χ1) is 12.6. The van der Waals surface area contributed by atoms with Gasteiger partial charge in [0.2, 0.25) is 0 Å². The Hall–Kier alpha value is -2.35. The summed E-state index contributed by atoms with van der Waals surface area (Å²) in [6, 6.07) is 3.62. The molecule has 0 saturated heterocycles. The Morgan fingerprint density at radius 2 is 1.88 bits per heavy atom. The molecule has 1 aliphatic heterocycles. The van der Waals surface area contributed by atoms with Gasteiger partial charge in [-0.05, 0) is 18.6 Å². The van der Waals surface area contributed by atoms with Crippen LogP contribution in [0.3, 0.4) is 0 Å². The molecule has 0 fully saturated rings. The van der Waals surface area contributed by atoms with Gasteiger partial charge >= 0.3 is 0 Å². The fourth-order valence-electron chi connectivity index (χ4n) is 3.00. The van der Waals surface area contributed by atoms with Crippen LogP contribution in [-0.4, -0.2) is 36.4 Å². The summed E-state index contributed by atoms with van der Waals surface area (Å²) < 4.78 is 0. The predicted octanol–water partition coefficient (Wildman–Crippen LogP) is 2.49. The van der Waals surface area contributed by atoms with Crippen LogP contribution in [0.15, 0.2) is 35.6 Å². The van der Waals surface area contributed by atoms with E-state index in [0.717, 1.165) is 16.8 Å². The highest BCUT2D eigenvalue weighted by atomic mass is 35.5. The van der Waals surface area contributed by atoms with E-state index < -0.39 is 0 Å². The Labute approximate surface area is 159 Å². The number of aromatic amines is 1. The molecule has 3 aromatic heterocycles. The van der Waals surface area contributed by atoms with Crippen molar-refractivity contribution in [3.63, 3.8) is 0 Å². The SMILES string of the molecule is O=c1[nH]c(-c2ccncc2)nc2c1CCN(Cc1c(Cl)ncnc1Cl)C2. The number of H-pyrrole nitrogens is 1. The van der Waals surface area contributed by atoms with Gasteiger partial charge in [-0.15, -0.1) is 0 Å². The van der Waals surface area contributed by atoms with E-state index in [1.807, 2.05) is 12.1 Å². The number of halogens is 2. The second kappa shape index (κ2) is 7.11. The Balaban J connectivity index is 1.64. The van der Waals surface area contributed by atoms with Gasteiger partial charge in [-0.3, -0.25) is 14.7 Å². The molecular formula is C17H14Cl2N6O. The molecule has 0 aromatic carbocycles. The lowest BCUT2D eigenvalue weighted by Crippen LogP contribution is -2.35. The van der Waals surface area contributed by atoms with Crippen molar-refractivity contribution in [2.75, 3.05) is 6.54 Å². The molecule has 0 radical (unpaired) electrons. The second-order valence-electron chi connectivity index (χ2n) is 5.97. The zero-order valence-electron chi connectivity index (χ0n) is 13.6. The third kappa shape index (κ3) is 3.33. The molecule has 0 spiro atoms. The first kappa shape index (κ1) is 17.1. The molecule has 9 heteroatoms. The second-order valence-corrected chi connectivity index (χ2v) is 6.69. The Kier molecular flexibility index (Phi) is 4.67. The van der Waals surface area contributed by atoms with E-state index in [0.29, 0.717) is 47.7 Å². The molecule has 1 N–H and O–H groups in total. The zero-order valence-corrected chi connectivity index (χ0v) is 15.1. The van der Waals surface area contributed by atoms with Gasteiger partial charge in [-0.25, -0.2) is 15.0 Å². The van der Waals surface area contributed by atoms with Crippen LogP contribution in [0, 0.1) is 0 Å². The number of pyridine rings is 1. The highest BCUT2D eigenvalue weighted by Crippen LogP contribution is 2.24. The summed E-state index contributed by atoms with van der Waals surface area (Å²) in [5, 5.41) is 0.680. The summed E-state index contributed by atoms with van der Waals surface area (Å²) in [6.07, 6.45) is 5.28. The quantitative estimate of drug-likeness (QED) is 0.693. The fourth-order valence-corrected chi connectivity index (χ4v) is 3.43. The first-order valence-corrected chi connectivity index (χ1v) is 8.77. The summed E-state index contributed by atoms with van der Waals surface area (Å²) in [5.74, 6) is 0.539. The largest absolute Gasteiger partial charge is 0.306 e. The van der Waals surface area contributed by atoms with Crippen molar-refractivity contribution in [1.29, 1.82) is 0 Å².